The lowest BCUT2D eigenvalue weighted by Gasteiger charge is -2.17. The highest BCUT2D eigenvalue weighted by atomic mass is 35.5. The van der Waals surface area contributed by atoms with Crippen molar-refractivity contribution < 1.29 is 4.79 Å². The Morgan fingerprint density at radius 2 is 1.85 bits per heavy atom. The van der Waals surface area contributed by atoms with Crippen LogP contribution in [0.15, 0.2) is 12.2 Å². The quantitative estimate of drug-likeness (QED) is 0.465. The van der Waals surface area contributed by atoms with Gasteiger partial charge in [0.15, 0.2) is 0 Å². The van der Waals surface area contributed by atoms with E-state index in [1.165, 1.54) is 0 Å². The molecule has 0 bridgehead atoms. The van der Waals surface area contributed by atoms with Crippen molar-refractivity contribution in [3.63, 3.8) is 0 Å². The number of hydrogen-bond acceptors (Lipinski definition) is 1. The summed E-state index contributed by atoms with van der Waals surface area (Å²) in [5.74, 6) is 1.61. The van der Waals surface area contributed by atoms with E-state index in [9.17, 15) is 4.79 Å². The molecule has 0 radical (unpaired) electrons. The summed E-state index contributed by atoms with van der Waals surface area (Å²) in [5, 5.41) is 0. The Bertz CT molecular complexity index is 223. The Morgan fingerprint density at radius 3 is 2.31 bits per heavy atom. The number of likely N-dealkylation sites (tertiary alicyclic amines) is 1. The predicted octanol–water partition coefficient (Wildman–Crippen LogP) is 1.65. The molecule has 1 fully saturated rings. The molecule has 0 aromatic rings. The highest BCUT2D eigenvalue weighted by molar-refractivity contribution is 6.27. The number of hydrogen-bond donors (Lipinski definition) is 0. The molecule has 0 N–H and O–H groups in total. The molecule has 2 rings (SSSR count). The van der Waals surface area contributed by atoms with Crippen LogP contribution in [0, 0.1) is 11.8 Å². The molecule has 2 nitrogen and oxygen atoms in total. The average molecular weight is 200 g/mol. The molecule has 72 valence electrons. The van der Waals surface area contributed by atoms with Crippen molar-refractivity contribution in [1.29, 1.82) is 0 Å². The second-order valence-corrected chi connectivity index (χ2v) is 4.16. The minimum atomic E-state index is 0.0936. The number of nitrogens with zero attached hydrogens (tertiary/aromatic N) is 1. The van der Waals surface area contributed by atoms with E-state index in [0.29, 0.717) is 11.8 Å². The molecule has 0 spiro atoms. The summed E-state index contributed by atoms with van der Waals surface area (Å²) in [5.41, 5.74) is 0. The molecule has 1 aliphatic heterocycles. The number of allylic oxidation sites excluding steroid dienone is 2. The maximum absolute atomic E-state index is 11.3. The van der Waals surface area contributed by atoms with Gasteiger partial charge in [-0.25, -0.2) is 0 Å². The van der Waals surface area contributed by atoms with Crippen LogP contribution in [0.5, 0.6) is 0 Å². The molecule has 2 aliphatic rings. The summed E-state index contributed by atoms with van der Waals surface area (Å²) >= 11 is 5.52. The van der Waals surface area contributed by atoms with E-state index in [-0.39, 0.29) is 11.8 Å². The van der Waals surface area contributed by atoms with Crippen LogP contribution in [0.3, 0.4) is 0 Å². The van der Waals surface area contributed by atoms with E-state index in [1.807, 2.05) is 4.90 Å². The summed E-state index contributed by atoms with van der Waals surface area (Å²) in [6, 6.07) is 0. The van der Waals surface area contributed by atoms with Crippen LogP contribution >= 0.6 is 11.6 Å². The summed E-state index contributed by atoms with van der Waals surface area (Å²) in [6.45, 7) is 1.83. The van der Waals surface area contributed by atoms with Gasteiger partial charge >= 0.3 is 0 Å². The predicted molar refractivity (Wildman–Crippen MR) is 52.7 cm³/mol. The third-order valence-electron chi connectivity index (χ3n) is 3.09. The van der Waals surface area contributed by atoms with Crippen molar-refractivity contribution in [2.24, 2.45) is 11.8 Å². The van der Waals surface area contributed by atoms with Crippen LogP contribution in [0.2, 0.25) is 0 Å². The van der Waals surface area contributed by atoms with Crippen LogP contribution in [0.25, 0.3) is 0 Å². The highest BCUT2D eigenvalue weighted by Gasteiger charge is 2.34. The third-order valence-corrected chi connectivity index (χ3v) is 3.32. The van der Waals surface area contributed by atoms with E-state index >= 15 is 0 Å². The SMILES string of the molecule is O=C(CCl)N1CC2CC=CCC2C1. The first kappa shape index (κ1) is 9.07. The molecule has 2 unspecified atom stereocenters. The van der Waals surface area contributed by atoms with Gasteiger partial charge in [0.1, 0.15) is 5.88 Å². The van der Waals surface area contributed by atoms with Gasteiger partial charge in [0.2, 0.25) is 5.91 Å². The van der Waals surface area contributed by atoms with Crippen LogP contribution in [0.1, 0.15) is 12.8 Å². The average Bonchev–Trinajstić information content (AvgIpc) is 2.59. The fourth-order valence-corrected chi connectivity index (χ4v) is 2.47. The van der Waals surface area contributed by atoms with Gasteiger partial charge in [-0.2, -0.15) is 0 Å². The fourth-order valence-electron chi connectivity index (χ4n) is 2.30. The van der Waals surface area contributed by atoms with Crippen molar-refractivity contribution in [2.75, 3.05) is 19.0 Å². The van der Waals surface area contributed by atoms with Crippen LogP contribution in [-0.2, 0) is 4.79 Å². The summed E-state index contributed by atoms with van der Waals surface area (Å²) < 4.78 is 0. The van der Waals surface area contributed by atoms with Crippen molar-refractivity contribution in [1.82, 2.24) is 4.90 Å². The largest absolute Gasteiger partial charge is 0.341 e. The molecule has 3 heteroatoms. The minimum Gasteiger partial charge on any atom is -0.341 e. The second kappa shape index (κ2) is 3.70. The van der Waals surface area contributed by atoms with E-state index in [0.717, 1.165) is 25.9 Å². The number of carbonyl (C=O) groups is 1. The molecule has 0 aromatic heterocycles. The van der Waals surface area contributed by atoms with Crippen molar-refractivity contribution in [3.8, 4) is 0 Å². The van der Waals surface area contributed by atoms with Crippen LogP contribution in [-0.4, -0.2) is 29.8 Å². The number of fused-ring (bicyclic) bond motifs is 1. The van der Waals surface area contributed by atoms with Gasteiger partial charge in [-0.3, -0.25) is 4.79 Å². The molecule has 1 amide bonds. The van der Waals surface area contributed by atoms with E-state index < -0.39 is 0 Å². The molecule has 13 heavy (non-hydrogen) atoms. The Hall–Kier alpha value is -0.500. The van der Waals surface area contributed by atoms with Gasteiger partial charge in [0, 0.05) is 13.1 Å². The molecule has 1 saturated heterocycles. The first-order valence-electron chi connectivity index (χ1n) is 4.80. The molecular formula is C10H14ClNO. The van der Waals surface area contributed by atoms with Crippen molar-refractivity contribution >= 4 is 17.5 Å². The smallest absolute Gasteiger partial charge is 0.237 e. The van der Waals surface area contributed by atoms with Gasteiger partial charge in [-0.15, -0.1) is 11.6 Å². The van der Waals surface area contributed by atoms with E-state index in [2.05, 4.69) is 12.2 Å². The Kier molecular flexibility index (Phi) is 2.58. The molecular weight excluding hydrogens is 186 g/mol. The summed E-state index contributed by atoms with van der Waals surface area (Å²) in [7, 11) is 0. The van der Waals surface area contributed by atoms with Crippen molar-refractivity contribution in [2.45, 2.75) is 12.8 Å². The van der Waals surface area contributed by atoms with Gasteiger partial charge in [0.25, 0.3) is 0 Å². The molecule has 1 aliphatic carbocycles. The highest BCUT2D eigenvalue weighted by Crippen LogP contribution is 2.32. The zero-order valence-corrected chi connectivity index (χ0v) is 8.33. The Morgan fingerprint density at radius 1 is 1.31 bits per heavy atom. The number of carbonyl (C=O) groups excluding carboxylic acids is 1. The lowest BCUT2D eigenvalue weighted by Crippen LogP contribution is -2.29. The van der Waals surface area contributed by atoms with Crippen molar-refractivity contribution in [3.05, 3.63) is 12.2 Å². The normalized spacial score (nSPS) is 31.9. The van der Waals surface area contributed by atoms with Gasteiger partial charge < -0.3 is 4.90 Å². The first-order valence-corrected chi connectivity index (χ1v) is 5.33. The maximum Gasteiger partial charge on any atom is 0.237 e. The maximum atomic E-state index is 11.3. The lowest BCUT2D eigenvalue weighted by atomic mass is 9.86. The summed E-state index contributed by atoms with van der Waals surface area (Å²) in [6.07, 6.45) is 6.74. The third kappa shape index (κ3) is 1.73. The number of alkyl halides is 1. The van der Waals surface area contributed by atoms with Gasteiger partial charge in [-0.1, -0.05) is 12.2 Å². The zero-order chi connectivity index (χ0) is 9.26. The molecule has 0 aromatic carbocycles. The summed E-state index contributed by atoms with van der Waals surface area (Å²) in [4.78, 5) is 13.2. The minimum absolute atomic E-state index is 0.0936. The van der Waals surface area contributed by atoms with Gasteiger partial charge in [-0.05, 0) is 24.7 Å². The topological polar surface area (TPSA) is 20.3 Å². The second-order valence-electron chi connectivity index (χ2n) is 3.90. The number of halogens is 1. The molecule has 2 atom stereocenters. The van der Waals surface area contributed by atoms with E-state index in [1.54, 1.807) is 0 Å². The zero-order valence-electron chi connectivity index (χ0n) is 7.58. The molecule has 0 saturated carbocycles. The molecule has 1 heterocycles. The van der Waals surface area contributed by atoms with Crippen LogP contribution in [0.4, 0.5) is 0 Å². The van der Waals surface area contributed by atoms with Gasteiger partial charge in [0.05, 0.1) is 0 Å². The Balaban J connectivity index is 1.98. The standard InChI is InChI=1S/C10H14ClNO/c11-5-10(13)12-6-8-3-1-2-4-9(8)7-12/h1-2,8-9H,3-7H2. The lowest BCUT2D eigenvalue weighted by molar-refractivity contribution is -0.127. The van der Waals surface area contributed by atoms with Crippen LogP contribution < -0.4 is 0 Å². The monoisotopic (exact) mass is 199 g/mol. The number of rotatable bonds is 1. The number of amides is 1. The Labute approximate surface area is 83.5 Å². The fraction of sp³-hybridized carbons (Fsp3) is 0.700. The van der Waals surface area contributed by atoms with E-state index in [4.69, 9.17) is 11.6 Å². The first-order chi connectivity index (χ1) is 6.31.